The molecule has 5 heteroatoms. The van der Waals surface area contributed by atoms with Crippen LogP contribution in [0.2, 0.25) is 0 Å². The molecule has 0 bridgehead atoms. The number of alkyl halides is 3. The van der Waals surface area contributed by atoms with Crippen molar-refractivity contribution < 1.29 is 23.0 Å². The Hall–Kier alpha value is -0.290. The van der Waals surface area contributed by atoms with Gasteiger partial charge in [-0.15, -0.1) is 0 Å². The fourth-order valence-electron chi connectivity index (χ4n) is 1.67. The molecule has 0 aromatic heterocycles. The van der Waals surface area contributed by atoms with Crippen molar-refractivity contribution >= 4 is 0 Å². The molecule has 0 aliphatic carbocycles. The van der Waals surface area contributed by atoms with E-state index in [-0.39, 0.29) is 6.42 Å². The first-order chi connectivity index (χ1) is 8.42. The van der Waals surface area contributed by atoms with E-state index >= 15 is 0 Å². The summed E-state index contributed by atoms with van der Waals surface area (Å²) in [7, 11) is 0. The van der Waals surface area contributed by atoms with E-state index in [1.807, 2.05) is 0 Å². The molecule has 0 fully saturated rings. The van der Waals surface area contributed by atoms with Crippen LogP contribution in [0.25, 0.3) is 0 Å². The lowest BCUT2D eigenvalue weighted by atomic mass is 10.1. The molecular formula is C13H25F3O2. The van der Waals surface area contributed by atoms with Gasteiger partial charge in [-0.1, -0.05) is 32.1 Å². The predicted molar refractivity (Wildman–Crippen MR) is 65.5 cm³/mol. The van der Waals surface area contributed by atoms with Gasteiger partial charge in [-0.3, -0.25) is 0 Å². The first-order valence-corrected chi connectivity index (χ1v) is 6.74. The smallest absolute Gasteiger partial charge is 0.389 e. The van der Waals surface area contributed by atoms with Crippen LogP contribution in [0, 0.1) is 0 Å². The first-order valence-electron chi connectivity index (χ1n) is 6.74. The first kappa shape index (κ1) is 17.7. The summed E-state index contributed by atoms with van der Waals surface area (Å²) in [6, 6.07) is 0. The Bertz CT molecular complexity index is 182. The molecule has 0 amide bonds. The third kappa shape index (κ3) is 15.7. The Labute approximate surface area is 108 Å². The third-order valence-corrected chi connectivity index (χ3v) is 2.61. The molecule has 0 aromatic rings. The molecule has 0 rings (SSSR count). The summed E-state index contributed by atoms with van der Waals surface area (Å²) < 4.78 is 40.7. The largest absolute Gasteiger partial charge is 0.391 e. The van der Waals surface area contributed by atoms with Crippen LogP contribution in [-0.2, 0) is 4.74 Å². The Morgan fingerprint density at radius 1 is 0.944 bits per heavy atom. The Kier molecular flexibility index (Phi) is 10.4. The summed E-state index contributed by atoms with van der Waals surface area (Å²) in [6.07, 6.45) is 0.760. The molecule has 0 aromatic carbocycles. The predicted octanol–water partition coefficient (Wildman–Crippen LogP) is 4.07. The van der Waals surface area contributed by atoms with Crippen LogP contribution in [-0.4, -0.2) is 30.6 Å². The van der Waals surface area contributed by atoms with Crippen LogP contribution in [0.1, 0.15) is 58.3 Å². The van der Waals surface area contributed by atoms with Gasteiger partial charge in [0.05, 0.1) is 12.7 Å². The highest BCUT2D eigenvalue weighted by molar-refractivity contribution is 4.52. The molecule has 0 radical (unpaired) electrons. The van der Waals surface area contributed by atoms with Gasteiger partial charge in [0, 0.05) is 13.0 Å². The van der Waals surface area contributed by atoms with E-state index in [4.69, 9.17) is 9.84 Å². The molecule has 18 heavy (non-hydrogen) atoms. The van der Waals surface area contributed by atoms with Gasteiger partial charge in [-0.2, -0.15) is 13.2 Å². The van der Waals surface area contributed by atoms with Crippen molar-refractivity contribution in [2.75, 3.05) is 13.2 Å². The molecular weight excluding hydrogens is 245 g/mol. The third-order valence-electron chi connectivity index (χ3n) is 2.61. The summed E-state index contributed by atoms with van der Waals surface area (Å²) >= 11 is 0. The van der Waals surface area contributed by atoms with Gasteiger partial charge < -0.3 is 9.84 Å². The summed E-state index contributed by atoms with van der Waals surface area (Å²) in [5.41, 5.74) is 0. The maximum absolute atomic E-state index is 11.8. The van der Waals surface area contributed by atoms with Gasteiger partial charge in [-0.05, 0) is 19.8 Å². The van der Waals surface area contributed by atoms with Crippen molar-refractivity contribution in [1.29, 1.82) is 0 Å². The van der Waals surface area contributed by atoms with Crippen molar-refractivity contribution in [3.8, 4) is 0 Å². The number of ether oxygens (including phenoxy) is 1. The van der Waals surface area contributed by atoms with Crippen molar-refractivity contribution in [3.63, 3.8) is 0 Å². The van der Waals surface area contributed by atoms with Gasteiger partial charge in [-0.25, -0.2) is 0 Å². The molecule has 0 aliphatic heterocycles. The Morgan fingerprint density at radius 3 is 1.94 bits per heavy atom. The number of hydrogen-bond donors (Lipinski definition) is 1. The molecule has 0 saturated carbocycles. The van der Waals surface area contributed by atoms with Crippen LogP contribution in [0.3, 0.4) is 0 Å². The van der Waals surface area contributed by atoms with E-state index in [0.717, 1.165) is 32.1 Å². The minimum Gasteiger partial charge on any atom is -0.391 e. The highest BCUT2D eigenvalue weighted by Crippen LogP contribution is 2.23. The van der Waals surface area contributed by atoms with E-state index < -0.39 is 18.7 Å². The SMILES string of the molecule is CC(O)COCCCCCCCCCC(F)(F)F. The van der Waals surface area contributed by atoms with E-state index in [9.17, 15) is 13.2 Å². The maximum Gasteiger partial charge on any atom is 0.389 e. The summed E-state index contributed by atoms with van der Waals surface area (Å²) in [6.45, 7) is 2.71. The van der Waals surface area contributed by atoms with Gasteiger partial charge in [0.15, 0.2) is 0 Å². The topological polar surface area (TPSA) is 29.5 Å². The highest BCUT2D eigenvalue weighted by Gasteiger charge is 2.25. The van der Waals surface area contributed by atoms with Crippen LogP contribution in [0.5, 0.6) is 0 Å². The van der Waals surface area contributed by atoms with Gasteiger partial charge >= 0.3 is 6.18 Å². The average Bonchev–Trinajstić information content (AvgIpc) is 2.24. The molecule has 0 saturated heterocycles. The molecule has 1 N–H and O–H groups in total. The van der Waals surface area contributed by atoms with Crippen molar-refractivity contribution in [1.82, 2.24) is 0 Å². The Morgan fingerprint density at radius 2 is 1.44 bits per heavy atom. The Balaban J connectivity index is 3.04. The second-order valence-electron chi connectivity index (χ2n) is 4.76. The van der Waals surface area contributed by atoms with Crippen LogP contribution >= 0.6 is 0 Å². The normalized spacial score (nSPS) is 13.8. The number of rotatable bonds is 11. The van der Waals surface area contributed by atoms with Crippen LogP contribution in [0.4, 0.5) is 13.2 Å². The minimum atomic E-state index is -4.00. The van der Waals surface area contributed by atoms with Gasteiger partial charge in [0.2, 0.25) is 0 Å². The van der Waals surface area contributed by atoms with Crippen molar-refractivity contribution in [2.24, 2.45) is 0 Å². The summed E-state index contributed by atoms with van der Waals surface area (Å²) in [5.74, 6) is 0. The van der Waals surface area contributed by atoms with Gasteiger partial charge in [0.1, 0.15) is 0 Å². The summed E-state index contributed by atoms with van der Waals surface area (Å²) in [4.78, 5) is 0. The zero-order valence-corrected chi connectivity index (χ0v) is 11.1. The monoisotopic (exact) mass is 270 g/mol. The number of hydrogen-bond acceptors (Lipinski definition) is 2. The lowest BCUT2D eigenvalue weighted by molar-refractivity contribution is -0.135. The van der Waals surface area contributed by atoms with Crippen LogP contribution < -0.4 is 0 Å². The molecule has 0 aliphatic rings. The van der Waals surface area contributed by atoms with E-state index in [1.54, 1.807) is 6.92 Å². The summed E-state index contributed by atoms with van der Waals surface area (Å²) in [5, 5.41) is 8.93. The van der Waals surface area contributed by atoms with Crippen LogP contribution in [0.15, 0.2) is 0 Å². The highest BCUT2D eigenvalue weighted by atomic mass is 19.4. The number of halogens is 3. The molecule has 2 nitrogen and oxygen atoms in total. The molecule has 0 heterocycles. The fourth-order valence-corrected chi connectivity index (χ4v) is 1.67. The molecule has 0 spiro atoms. The molecule has 1 unspecified atom stereocenters. The molecule has 1 atom stereocenters. The fraction of sp³-hybridized carbons (Fsp3) is 1.00. The number of aliphatic hydroxyl groups excluding tert-OH is 1. The number of aliphatic hydroxyl groups is 1. The second-order valence-corrected chi connectivity index (χ2v) is 4.76. The number of unbranched alkanes of at least 4 members (excludes halogenated alkanes) is 6. The zero-order valence-electron chi connectivity index (χ0n) is 11.1. The lowest BCUT2D eigenvalue weighted by Crippen LogP contribution is -2.10. The molecule has 110 valence electrons. The minimum absolute atomic E-state index is 0.251. The van der Waals surface area contributed by atoms with Crippen molar-refractivity contribution in [2.45, 2.75) is 70.6 Å². The average molecular weight is 270 g/mol. The van der Waals surface area contributed by atoms with Gasteiger partial charge in [0.25, 0.3) is 0 Å². The van der Waals surface area contributed by atoms with E-state index in [0.29, 0.717) is 19.6 Å². The van der Waals surface area contributed by atoms with E-state index in [2.05, 4.69) is 0 Å². The quantitative estimate of drug-likeness (QED) is 0.573. The van der Waals surface area contributed by atoms with E-state index in [1.165, 1.54) is 0 Å². The lowest BCUT2D eigenvalue weighted by Gasteiger charge is -2.06. The zero-order chi connectivity index (χ0) is 13.9. The standard InChI is InChI=1S/C13H25F3O2/c1-12(17)11-18-10-8-6-4-2-3-5-7-9-13(14,15)16/h12,17H,2-11H2,1H3. The second kappa shape index (κ2) is 10.6. The van der Waals surface area contributed by atoms with Crippen molar-refractivity contribution in [3.05, 3.63) is 0 Å². The maximum atomic E-state index is 11.8.